The van der Waals surface area contributed by atoms with E-state index in [1.807, 2.05) is 26.2 Å². The molecule has 2 heterocycles. The maximum absolute atomic E-state index is 12.3. The Morgan fingerprint density at radius 3 is 2.54 bits per heavy atom. The molecule has 28 heavy (non-hydrogen) atoms. The topological polar surface area (TPSA) is 64.2 Å². The van der Waals surface area contributed by atoms with Gasteiger partial charge >= 0.3 is 0 Å². The number of benzene rings is 2. The molecule has 4 rings (SSSR count). The molecule has 0 aliphatic heterocycles. The predicted octanol–water partition coefficient (Wildman–Crippen LogP) is 3.95. The zero-order valence-electron chi connectivity index (χ0n) is 17.1. The van der Waals surface area contributed by atoms with Gasteiger partial charge in [-0.1, -0.05) is 25.1 Å². The summed E-state index contributed by atoms with van der Waals surface area (Å²) in [5, 5.41) is 4.17. The van der Waals surface area contributed by atoms with Crippen molar-refractivity contribution >= 4 is 38.5 Å². The van der Waals surface area contributed by atoms with Gasteiger partial charge in [-0.2, -0.15) is 0 Å². The summed E-state index contributed by atoms with van der Waals surface area (Å²) >= 11 is 0. The first kappa shape index (κ1) is 18.4. The summed E-state index contributed by atoms with van der Waals surface area (Å²) in [6.45, 7) is 5.10. The van der Waals surface area contributed by atoms with E-state index in [1.165, 1.54) is 16.4 Å². The summed E-state index contributed by atoms with van der Waals surface area (Å²) in [5.74, 6) is -0.289. The van der Waals surface area contributed by atoms with Gasteiger partial charge in [-0.3, -0.25) is 4.79 Å². The Balaban J connectivity index is 2.12. The first-order chi connectivity index (χ1) is 13.3. The second kappa shape index (κ2) is 6.60. The second-order valence-corrected chi connectivity index (χ2v) is 7.99. The smallest absolute Gasteiger partial charge is 0.267 e. The monoisotopic (exact) mass is 374 g/mol. The first-order valence-corrected chi connectivity index (χ1v) is 9.55. The molecule has 0 radical (unpaired) electrons. The lowest BCUT2D eigenvalue weighted by atomic mass is 9.96. The Bertz CT molecular complexity index is 1240. The van der Waals surface area contributed by atoms with Gasteiger partial charge in [0.05, 0.1) is 5.52 Å². The summed E-state index contributed by atoms with van der Waals surface area (Å²) < 4.78 is 2.23. The molecule has 0 bridgehead atoms. The number of para-hydroxylation sites is 1. The highest BCUT2D eigenvalue weighted by atomic mass is 16.1. The number of aromatic nitrogens is 2. The molecule has 2 aromatic carbocycles. The molecule has 5 heteroatoms. The summed E-state index contributed by atoms with van der Waals surface area (Å²) in [6, 6.07) is 12.5. The van der Waals surface area contributed by atoms with Gasteiger partial charge in [0.1, 0.15) is 5.69 Å². The van der Waals surface area contributed by atoms with E-state index in [0.29, 0.717) is 5.69 Å². The van der Waals surface area contributed by atoms with Crippen molar-refractivity contribution < 1.29 is 4.79 Å². The molecule has 0 saturated heterocycles. The van der Waals surface area contributed by atoms with E-state index < -0.39 is 5.91 Å². The Hall–Kier alpha value is -2.92. The van der Waals surface area contributed by atoms with Crippen LogP contribution < -0.4 is 5.73 Å². The molecule has 144 valence electrons. The zero-order chi connectivity index (χ0) is 20.2. The fourth-order valence-corrected chi connectivity index (χ4v) is 4.41. The Morgan fingerprint density at radius 1 is 1.14 bits per heavy atom. The van der Waals surface area contributed by atoms with Crippen molar-refractivity contribution in [2.75, 3.05) is 20.6 Å². The third-order valence-corrected chi connectivity index (χ3v) is 5.65. The number of carbonyl (C=O) groups excluding carboxylic acids is 1. The Labute approximate surface area is 164 Å². The van der Waals surface area contributed by atoms with Crippen molar-refractivity contribution in [2.24, 2.45) is 12.8 Å². The molecule has 2 aromatic heterocycles. The molecule has 0 spiro atoms. The zero-order valence-corrected chi connectivity index (χ0v) is 17.1. The number of nitrogens with two attached hydrogens (primary N) is 1. The molecule has 1 amide bonds. The number of hydrogen-bond acceptors (Lipinski definition) is 3. The maximum Gasteiger partial charge on any atom is 0.267 e. The van der Waals surface area contributed by atoms with E-state index in [9.17, 15) is 4.79 Å². The molecule has 0 fully saturated rings. The fourth-order valence-electron chi connectivity index (χ4n) is 4.41. The quantitative estimate of drug-likeness (QED) is 0.588. The van der Waals surface area contributed by atoms with Crippen molar-refractivity contribution in [1.29, 1.82) is 0 Å². The lowest BCUT2D eigenvalue weighted by Gasteiger charge is -2.18. The molecule has 1 atom stereocenters. The summed E-state index contributed by atoms with van der Waals surface area (Å²) in [6.07, 6.45) is 0. The number of hydrogen-bond donors (Lipinski definition) is 1. The SMILES string of the molecule is Cc1c2cc([C@H](C)CN(C)C)nc(C(N)=O)c2cc2c3ccccc3n(C)c12. The molecule has 5 nitrogen and oxygen atoms in total. The average Bonchev–Trinajstić information content (AvgIpc) is 2.93. The van der Waals surface area contributed by atoms with Crippen molar-refractivity contribution in [3.63, 3.8) is 0 Å². The van der Waals surface area contributed by atoms with Crippen LogP contribution in [-0.4, -0.2) is 41.0 Å². The lowest BCUT2D eigenvalue weighted by Crippen LogP contribution is -2.21. The minimum atomic E-state index is -0.483. The van der Waals surface area contributed by atoms with E-state index in [0.717, 1.165) is 34.0 Å². The van der Waals surface area contributed by atoms with Gasteiger partial charge in [0.2, 0.25) is 0 Å². The van der Waals surface area contributed by atoms with Gasteiger partial charge in [0.25, 0.3) is 5.91 Å². The van der Waals surface area contributed by atoms with Gasteiger partial charge in [-0.25, -0.2) is 4.98 Å². The molecule has 0 aliphatic rings. The number of primary amides is 1. The minimum Gasteiger partial charge on any atom is -0.364 e. The number of carbonyl (C=O) groups is 1. The van der Waals surface area contributed by atoms with Crippen LogP contribution in [0, 0.1) is 6.92 Å². The summed E-state index contributed by atoms with van der Waals surface area (Å²) in [5.41, 5.74) is 10.5. The molecule has 0 aliphatic carbocycles. The number of amides is 1. The van der Waals surface area contributed by atoms with Crippen molar-refractivity contribution in [1.82, 2.24) is 14.5 Å². The van der Waals surface area contributed by atoms with Crippen LogP contribution >= 0.6 is 0 Å². The van der Waals surface area contributed by atoms with Crippen molar-refractivity contribution in [2.45, 2.75) is 19.8 Å². The highest BCUT2D eigenvalue weighted by Gasteiger charge is 2.20. The maximum atomic E-state index is 12.3. The number of rotatable bonds is 4. The van der Waals surface area contributed by atoms with Gasteiger partial charge in [-0.05, 0) is 50.2 Å². The van der Waals surface area contributed by atoms with Gasteiger partial charge in [0, 0.05) is 46.9 Å². The van der Waals surface area contributed by atoms with Crippen LogP contribution in [0.3, 0.4) is 0 Å². The highest BCUT2D eigenvalue weighted by molar-refractivity contribution is 6.17. The molecular formula is C23H26N4O. The Morgan fingerprint density at radius 2 is 1.86 bits per heavy atom. The van der Waals surface area contributed by atoms with E-state index in [-0.39, 0.29) is 5.92 Å². The lowest BCUT2D eigenvalue weighted by molar-refractivity contribution is 0.0997. The summed E-state index contributed by atoms with van der Waals surface area (Å²) in [4.78, 5) is 19.1. The average molecular weight is 374 g/mol. The third kappa shape index (κ3) is 2.74. The van der Waals surface area contributed by atoms with Crippen LogP contribution in [0.15, 0.2) is 36.4 Å². The molecule has 2 N–H and O–H groups in total. The number of aryl methyl sites for hydroxylation is 2. The molecular weight excluding hydrogens is 348 g/mol. The second-order valence-electron chi connectivity index (χ2n) is 7.99. The van der Waals surface area contributed by atoms with Gasteiger partial charge in [0.15, 0.2) is 0 Å². The standard InChI is InChI=1S/C23H26N4O/c1-13(12-26(3)4)19-11-16-14(2)22-18(10-17(16)21(25-19)23(24)28)15-8-6-7-9-20(15)27(22)5/h6-11,13H,12H2,1-5H3,(H2,24,28)/t13-/m1/s1. The van der Waals surface area contributed by atoms with Crippen molar-refractivity contribution in [3.05, 3.63) is 53.3 Å². The van der Waals surface area contributed by atoms with Crippen LogP contribution in [0.2, 0.25) is 0 Å². The molecule has 0 saturated carbocycles. The predicted molar refractivity (Wildman–Crippen MR) is 116 cm³/mol. The van der Waals surface area contributed by atoms with E-state index >= 15 is 0 Å². The summed E-state index contributed by atoms with van der Waals surface area (Å²) in [7, 11) is 6.17. The molecule has 4 aromatic rings. The van der Waals surface area contributed by atoms with Crippen LogP contribution in [-0.2, 0) is 7.05 Å². The van der Waals surface area contributed by atoms with Crippen LogP contribution in [0.25, 0.3) is 32.6 Å². The van der Waals surface area contributed by atoms with Crippen LogP contribution in [0.5, 0.6) is 0 Å². The number of pyridine rings is 1. The first-order valence-electron chi connectivity index (χ1n) is 9.55. The van der Waals surface area contributed by atoms with E-state index in [2.05, 4.69) is 59.6 Å². The fraction of sp³-hybridized carbons (Fsp3) is 0.304. The largest absolute Gasteiger partial charge is 0.364 e. The van der Waals surface area contributed by atoms with Crippen LogP contribution in [0.4, 0.5) is 0 Å². The van der Waals surface area contributed by atoms with Crippen molar-refractivity contribution in [3.8, 4) is 0 Å². The van der Waals surface area contributed by atoms with E-state index in [4.69, 9.17) is 5.73 Å². The third-order valence-electron chi connectivity index (χ3n) is 5.65. The number of nitrogens with zero attached hydrogens (tertiary/aromatic N) is 3. The normalized spacial score (nSPS) is 13.1. The molecule has 0 unspecified atom stereocenters. The number of likely N-dealkylation sites (N-methyl/N-ethyl adjacent to an activating group) is 1. The van der Waals surface area contributed by atoms with Gasteiger partial charge < -0.3 is 15.2 Å². The van der Waals surface area contributed by atoms with Crippen LogP contribution in [0.1, 0.15) is 34.6 Å². The van der Waals surface area contributed by atoms with Gasteiger partial charge in [-0.15, -0.1) is 0 Å². The highest BCUT2D eigenvalue weighted by Crippen LogP contribution is 2.36. The number of fused-ring (bicyclic) bond motifs is 4. The Kier molecular flexibility index (Phi) is 4.35. The van der Waals surface area contributed by atoms with E-state index in [1.54, 1.807) is 0 Å². The minimum absolute atomic E-state index is 0.195.